The molecule has 3 N–H and O–H groups in total. The van der Waals surface area contributed by atoms with E-state index in [9.17, 15) is 24.9 Å². The Balaban J connectivity index is 1.25. The molecule has 2 saturated carbocycles. The Morgan fingerprint density at radius 1 is 0.875 bits per heavy atom. The first-order chi connectivity index (χ1) is 27.2. The first-order valence-electron chi connectivity index (χ1n) is 22.7. The number of carbonyl (C=O) groups is 2. The second-order valence-corrected chi connectivity index (χ2v) is 17.4. The molecule has 8 heteroatoms. The summed E-state index contributed by atoms with van der Waals surface area (Å²) >= 11 is 6.65. The summed E-state index contributed by atoms with van der Waals surface area (Å²) in [6, 6.07) is 5.13. The van der Waals surface area contributed by atoms with Crippen LogP contribution in [0.5, 0.6) is 5.75 Å². The van der Waals surface area contributed by atoms with Crippen LogP contribution in [0.15, 0.2) is 42.5 Å². The van der Waals surface area contributed by atoms with Crippen LogP contribution in [0, 0.1) is 17.3 Å². The Morgan fingerprint density at radius 3 is 2.16 bits per heavy atom. The quantitative estimate of drug-likeness (QED) is 0.0288. The molecule has 0 heterocycles. The number of allylic oxidation sites excluding steroid dienone is 2. The van der Waals surface area contributed by atoms with E-state index in [0.717, 1.165) is 69.8 Å². The highest BCUT2D eigenvalue weighted by Crippen LogP contribution is 2.48. The van der Waals surface area contributed by atoms with Gasteiger partial charge in [-0.1, -0.05) is 128 Å². The molecule has 1 aromatic carbocycles. The predicted molar refractivity (Wildman–Crippen MR) is 230 cm³/mol. The fraction of sp³-hybridized carbons (Fsp3) is 0.750. The molecule has 56 heavy (non-hydrogen) atoms. The number of carbonyl (C=O) groups excluding carboxylic acids is 1. The van der Waals surface area contributed by atoms with E-state index in [0.29, 0.717) is 44.6 Å². The normalized spacial score (nSPS) is 21.1. The van der Waals surface area contributed by atoms with E-state index in [1.165, 1.54) is 77.0 Å². The van der Waals surface area contributed by atoms with Crippen LogP contribution in [-0.4, -0.2) is 58.1 Å². The maximum absolute atomic E-state index is 12.4. The maximum atomic E-state index is 12.4. The number of carboxylic acid groups (broad SMARTS) is 1. The van der Waals surface area contributed by atoms with Crippen molar-refractivity contribution in [2.75, 3.05) is 13.2 Å². The highest BCUT2D eigenvalue weighted by Gasteiger charge is 2.42. The molecule has 0 bridgehead atoms. The Hall–Kier alpha value is -2.35. The first-order valence-corrected chi connectivity index (χ1v) is 23.1. The van der Waals surface area contributed by atoms with Gasteiger partial charge in [-0.05, 0) is 106 Å². The molecule has 0 spiro atoms. The van der Waals surface area contributed by atoms with Crippen molar-refractivity contribution in [2.45, 2.75) is 198 Å². The average molecular weight is 802 g/mol. The summed E-state index contributed by atoms with van der Waals surface area (Å²) in [5.74, 6) is -0.367. The molecule has 5 atom stereocenters. The van der Waals surface area contributed by atoms with Gasteiger partial charge in [-0.2, -0.15) is 0 Å². The van der Waals surface area contributed by atoms with Gasteiger partial charge in [0.25, 0.3) is 0 Å². The van der Waals surface area contributed by atoms with Crippen LogP contribution < -0.4 is 4.74 Å². The molecule has 0 aliphatic heterocycles. The van der Waals surface area contributed by atoms with E-state index < -0.39 is 12.1 Å². The van der Waals surface area contributed by atoms with Gasteiger partial charge in [0.1, 0.15) is 5.75 Å². The standard InChI is InChI=1S/C48H77ClO7/c1-3-5-6-7-8-9-10-11-12-13-14-17-21-34-55-44-36-39(47(53)54)31-30-38(44)25-20-22-35-56-46(52)29-19-16-15-18-26-40-41(43(50)37-42(40)49)27-23-28-45(51)48(4-2)32-24-33-48/h15,18,23,27,30-31,36,40-43,45,50-51H,3-14,16-17,19-22,24-26,28-29,32-35,37H2,1-2H3,(H,53,54)/b18-15-,27-23+/t40-,41-,42-,43-,45+/m1/s1. The average Bonchev–Trinajstić information content (AvgIpc) is 3.43. The van der Waals surface area contributed by atoms with Gasteiger partial charge in [0.15, 0.2) is 0 Å². The molecule has 2 fully saturated rings. The number of hydrogen-bond donors (Lipinski definition) is 3. The van der Waals surface area contributed by atoms with E-state index >= 15 is 0 Å². The minimum atomic E-state index is -0.958. The van der Waals surface area contributed by atoms with Gasteiger partial charge in [0.05, 0.1) is 31.0 Å². The number of benzene rings is 1. The molecule has 0 unspecified atom stereocenters. The third kappa shape index (κ3) is 17.6. The molecule has 3 rings (SSSR count). The molecule has 2 aliphatic carbocycles. The molecule has 0 radical (unpaired) electrons. The lowest BCUT2D eigenvalue weighted by Gasteiger charge is -2.45. The van der Waals surface area contributed by atoms with Crippen LogP contribution in [0.25, 0.3) is 0 Å². The number of aliphatic hydroxyl groups is 2. The van der Waals surface area contributed by atoms with E-state index in [4.69, 9.17) is 21.1 Å². The van der Waals surface area contributed by atoms with Crippen molar-refractivity contribution in [3.8, 4) is 5.75 Å². The fourth-order valence-corrected chi connectivity index (χ4v) is 9.03. The van der Waals surface area contributed by atoms with Crippen molar-refractivity contribution in [1.29, 1.82) is 0 Å². The molecule has 0 saturated heterocycles. The van der Waals surface area contributed by atoms with Crippen molar-refractivity contribution < 1.29 is 34.4 Å². The summed E-state index contributed by atoms with van der Waals surface area (Å²) in [7, 11) is 0. The minimum absolute atomic E-state index is 0.0135. The van der Waals surface area contributed by atoms with Crippen LogP contribution in [0.1, 0.15) is 190 Å². The number of unbranched alkanes of at least 4 members (excludes halogenated alkanes) is 14. The largest absolute Gasteiger partial charge is 0.493 e. The molecule has 7 nitrogen and oxygen atoms in total. The lowest BCUT2D eigenvalue weighted by atomic mass is 9.63. The van der Waals surface area contributed by atoms with Gasteiger partial charge in [-0.15, -0.1) is 11.6 Å². The van der Waals surface area contributed by atoms with Crippen molar-refractivity contribution in [3.05, 3.63) is 53.6 Å². The van der Waals surface area contributed by atoms with E-state index in [2.05, 4.69) is 38.2 Å². The number of esters is 1. The van der Waals surface area contributed by atoms with Gasteiger partial charge in [0.2, 0.25) is 0 Å². The van der Waals surface area contributed by atoms with Gasteiger partial charge < -0.3 is 24.8 Å². The number of carboxylic acids is 1. The molecule has 0 amide bonds. The van der Waals surface area contributed by atoms with Crippen LogP contribution in [0.2, 0.25) is 0 Å². The zero-order valence-corrected chi connectivity index (χ0v) is 35.8. The van der Waals surface area contributed by atoms with Crippen LogP contribution in [0.3, 0.4) is 0 Å². The van der Waals surface area contributed by atoms with Crippen molar-refractivity contribution in [2.24, 2.45) is 17.3 Å². The SMILES string of the molecule is CCCCCCCCCCCCCCCOc1cc(C(=O)O)ccc1CCCCOC(=O)CCC/C=C\C[C@@H]1[C@@H](/C=C/C[C@H](O)C2(CC)CCC2)[C@H](O)C[C@H]1Cl. The number of halogens is 1. The first kappa shape index (κ1) is 48.0. The highest BCUT2D eigenvalue weighted by atomic mass is 35.5. The summed E-state index contributed by atoms with van der Waals surface area (Å²) in [6.45, 7) is 5.38. The van der Waals surface area contributed by atoms with Crippen molar-refractivity contribution in [3.63, 3.8) is 0 Å². The Kier molecular flexibility index (Phi) is 24.1. The zero-order chi connectivity index (χ0) is 40.4. The molecule has 318 valence electrons. The van der Waals surface area contributed by atoms with Crippen LogP contribution in [0.4, 0.5) is 0 Å². The summed E-state index contributed by atoms with van der Waals surface area (Å²) < 4.78 is 11.6. The maximum Gasteiger partial charge on any atom is 0.335 e. The Labute approximate surface area is 345 Å². The van der Waals surface area contributed by atoms with Gasteiger partial charge in [-0.25, -0.2) is 4.79 Å². The van der Waals surface area contributed by atoms with Crippen LogP contribution >= 0.6 is 11.6 Å². The monoisotopic (exact) mass is 801 g/mol. The molecular weight excluding hydrogens is 724 g/mol. The zero-order valence-electron chi connectivity index (χ0n) is 35.1. The highest BCUT2D eigenvalue weighted by molar-refractivity contribution is 6.21. The lowest BCUT2D eigenvalue weighted by Crippen LogP contribution is -2.40. The third-order valence-corrected chi connectivity index (χ3v) is 13.1. The molecule has 1 aromatic rings. The number of rotatable bonds is 32. The van der Waals surface area contributed by atoms with Gasteiger partial charge in [-0.3, -0.25) is 4.79 Å². The van der Waals surface area contributed by atoms with Crippen LogP contribution in [-0.2, 0) is 16.0 Å². The number of aliphatic hydroxyl groups excluding tert-OH is 2. The smallest absolute Gasteiger partial charge is 0.335 e. The number of aryl methyl sites for hydroxylation is 1. The van der Waals surface area contributed by atoms with Gasteiger partial charge >= 0.3 is 11.9 Å². The second-order valence-electron chi connectivity index (χ2n) is 16.8. The van der Waals surface area contributed by atoms with Crippen molar-refractivity contribution >= 4 is 23.5 Å². The number of alkyl halides is 1. The second kappa shape index (κ2) is 28.1. The number of ether oxygens (including phenoxy) is 2. The summed E-state index contributed by atoms with van der Waals surface area (Å²) in [6.07, 6.45) is 34.9. The molecular formula is C48H77ClO7. The summed E-state index contributed by atoms with van der Waals surface area (Å²) in [5.41, 5.74) is 1.30. The summed E-state index contributed by atoms with van der Waals surface area (Å²) in [5, 5.41) is 30.9. The third-order valence-electron chi connectivity index (χ3n) is 12.6. The summed E-state index contributed by atoms with van der Waals surface area (Å²) in [4.78, 5) is 24.0. The predicted octanol–water partition coefficient (Wildman–Crippen LogP) is 12.3. The minimum Gasteiger partial charge on any atom is -0.493 e. The van der Waals surface area contributed by atoms with E-state index in [-0.39, 0.29) is 40.3 Å². The molecule has 2 aliphatic rings. The van der Waals surface area contributed by atoms with Crippen molar-refractivity contribution in [1.82, 2.24) is 0 Å². The number of aromatic carboxylic acids is 1. The Morgan fingerprint density at radius 2 is 1.54 bits per heavy atom. The lowest BCUT2D eigenvalue weighted by molar-refractivity contribution is -0.143. The van der Waals surface area contributed by atoms with E-state index in [1.807, 2.05) is 6.07 Å². The van der Waals surface area contributed by atoms with E-state index in [1.54, 1.807) is 12.1 Å². The Bertz CT molecular complexity index is 1280. The van der Waals surface area contributed by atoms with Gasteiger partial charge in [0, 0.05) is 17.7 Å². The number of hydrogen-bond acceptors (Lipinski definition) is 6. The molecule has 0 aromatic heterocycles. The topological polar surface area (TPSA) is 113 Å². The fourth-order valence-electron chi connectivity index (χ4n) is 8.57.